The summed E-state index contributed by atoms with van der Waals surface area (Å²) in [7, 11) is 1.57. The van der Waals surface area contributed by atoms with Gasteiger partial charge in [0.25, 0.3) is 11.9 Å². The van der Waals surface area contributed by atoms with Gasteiger partial charge in [0.1, 0.15) is 0 Å². The SMILES string of the molecule is COCc1c(C(=O)NCc2cc(C)no2)cnn1-c1ncc2c(n1)-c1ccccc1CCC2. The summed E-state index contributed by atoms with van der Waals surface area (Å²) in [5, 5.41) is 11.1. The molecule has 0 saturated heterocycles. The zero-order valence-corrected chi connectivity index (χ0v) is 18.5. The summed E-state index contributed by atoms with van der Waals surface area (Å²) in [5.74, 6) is 0.694. The number of nitrogens with one attached hydrogen (secondary N) is 1. The lowest BCUT2D eigenvalue weighted by Gasteiger charge is -2.12. The van der Waals surface area contributed by atoms with Crippen molar-refractivity contribution in [2.75, 3.05) is 7.11 Å². The van der Waals surface area contributed by atoms with Crippen molar-refractivity contribution in [2.45, 2.75) is 39.3 Å². The van der Waals surface area contributed by atoms with Gasteiger partial charge in [0.05, 0.1) is 42.0 Å². The second-order valence-electron chi connectivity index (χ2n) is 8.02. The summed E-state index contributed by atoms with van der Waals surface area (Å²) in [6.07, 6.45) is 6.36. The van der Waals surface area contributed by atoms with E-state index < -0.39 is 0 Å². The second-order valence-corrected chi connectivity index (χ2v) is 8.02. The predicted octanol–water partition coefficient (Wildman–Crippen LogP) is 3.19. The molecule has 1 aliphatic rings. The Morgan fingerprint density at radius 2 is 2.06 bits per heavy atom. The highest BCUT2D eigenvalue weighted by atomic mass is 16.5. The predicted molar refractivity (Wildman–Crippen MR) is 120 cm³/mol. The minimum absolute atomic E-state index is 0.182. The molecular weight excluding hydrogens is 420 g/mol. The van der Waals surface area contributed by atoms with E-state index in [4.69, 9.17) is 14.2 Å². The summed E-state index contributed by atoms with van der Waals surface area (Å²) < 4.78 is 12.1. The van der Waals surface area contributed by atoms with Crippen molar-refractivity contribution in [3.8, 4) is 17.2 Å². The van der Waals surface area contributed by atoms with Crippen LogP contribution in [0.1, 0.15) is 45.1 Å². The maximum Gasteiger partial charge on any atom is 0.255 e. The van der Waals surface area contributed by atoms with E-state index in [2.05, 4.69) is 38.8 Å². The Hall–Kier alpha value is -3.85. The summed E-state index contributed by atoms with van der Waals surface area (Å²) in [5.41, 5.74) is 6.16. The van der Waals surface area contributed by atoms with Crippen LogP contribution in [0.25, 0.3) is 17.2 Å². The van der Waals surface area contributed by atoms with Gasteiger partial charge in [0, 0.05) is 24.9 Å². The van der Waals surface area contributed by atoms with Gasteiger partial charge in [-0.1, -0.05) is 29.4 Å². The third-order valence-corrected chi connectivity index (χ3v) is 5.70. The number of fused-ring (bicyclic) bond motifs is 3. The fourth-order valence-electron chi connectivity index (χ4n) is 4.13. The number of aromatic nitrogens is 5. The van der Waals surface area contributed by atoms with Crippen LogP contribution in [0, 0.1) is 6.92 Å². The Morgan fingerprint density at radius 3 is 2.88 bits per heavy atom. The average Bonchev–Trinajstić information content (AvgIpc) is 3.39. The van der Waals surface area contributed by atoms with Crippen molar-refractivity contribution in [1.29, 1.82) is 0 Å². The number of hydrogen-bond acceptors (Lipinski definition) is 7. The number of benzene rings is 1. The number of aryl methyl sites for hydroxylation is 3. The van der Waals surface area contributed by atoms with Gasteiger partial charge in [-0.05, 0) is 37.3 Å². The van der Waals surface area contributed by atoms with Crippen LogP contribution in [0.4, 0.5) is 0 Å². The molecule has 0 radical (unpaired) electrons. The first-order valence-electron chi connectivity index (χ1n) is 10.8. The molecule has 0 bridgehead atoms. The molecule has 0 fully saturated rings. The lowest BCUT2D eigenvalue weighted by molar-refractivity contribution is 0.0941. The smallest absolute Gasteiger partial charge is 0.255 e. The highest BCUT2D eigenvalue weighted by Gasteiger charge is 2.22. The van der Waals surface area contributed by atoms with Crippen LogP contribution in [0.5, 0.6) is 0 Å². The van der Waals surface area contributed by atoms with E-state index in [1.54, 1.807) is 17.9 Å². The summed E-state index contributed by atoms with van der Waals surface area (Å²) >= 11 is 0. The topological polar surface area (TPSA) is 108 Å². The largest absolute Gasteiger partial charge is 0.378 e. The van der Waals surface area contributed by atoms with Crippen LogP contribution >= 0.6 is 0 Å². The van der Waals surface area contributed by atoms with E-state index in [9.17, 15) is 4.79 Å². The first-order valence-corrected chi connectivity index (χ1v) is 10.8. The highest BCUT2D eigenvalue weighted by molar-refractivity contribution is 5.95. The minimum atomic E-state index is -0.289. The fraction of sp³-hybridized carbons (Fsp3) is 0.292. The number of carbonyl (C=O) groups excluding carboxylic acids is 1. The van der Waals surface area contributed by atoms with Crippen molar-refractivity contribution < 1.29 is 14.1 Å². The lowest BCUT2D eigenvalue weighted by atomic mass is 10.0. The molecule has 33 heavy (non-hydrogen) atoms. The van der Waals surface area contributed by atoms with E-state index in [0.717, 1.165) is 41.8 Å². The van der Waals surface area contributed by atoms with Crippen molar-refractivity contribution >= 4 is 5.91 Å². The molecule has 0 atom stereocenters. The van der Waals surface area contributed by atoms with Gasteiger partial charge in [0.15, 0.2) is 5.76 Å². The van der Waals surface area contributed by atoms with Crippen LogP contribution in [0.2, 0.25) is 0 Å². The van der Waals surface area contributed by atoms with Crippen LogP contribution in [-0.4, -0.2) is 37.9 Å². The maximum absolute atomic E-state index is 12.9. The third kappa shape index (κ3) is 4.14. The van der Waals surface area contributed by atoms with Gasteiger partial charge in [0.2, 0.25) is 0 Å². The number of rotatable bonds is 6. The standard InChI is InChI=1S/C24H24N6O3/c1-15-10-18(33-29-15)12-25-23(31)20-13-27-30(21(20)14-32-2)24-26-11-17-8-5-7-16-6-3-4-9-19(16)22(17)28-24/h3-4,6,9-11,13H,5,7-8,12,14H2,1-2H3,(H,25,31). The summed E-state index contributed by atoms with van der Waals surface area (Å²) in [4.78, 5) is 22.3. The van der Waals surface area contributed by atoms with Crippen LogP contribution < -0.4 is 5.32 Å². The normalized spacial score (nSPS) is 12.7. The number of methoxy groups -OCH3 is 1. The second kappa shape index (κ2) is 8.95. The molecule has 1 amide bonds. The van der Waals surface area contributed by atoms with E-state index >= 15 is 0 Å². The molecule has 9 nitrogen and oxygen atoms in total. The Kier molecular flexibility index (Phi) is 5.70. The molecule has 5 rings (SSSR count). The van der Waals surface area contributed by atoms with Crippen molar-refractivity contribution in [3.05, 3.63) is 76.6 Å². The molecule has 0 unspecified atom stereocenters. The van der Waals surface area contributed by atoms with Gasteiger partial charge in [-0.15, -0.1) is 0 Å². The van der Waals surface area contributed by atoms with E-state index in [0.29, 0.717) is 23.0 Å². The van der Waals surface area contributed by atoms with Gasteiger partial charge in [-0.25, -0.2) is 9.97 Å². The Balaban J connectivity index is 1.49. The maximum atomic E-state index is 12.9. The molecule has 168 valence electrons. The number of carbonyl (C=O) groups is 1. The van der Waals surface area contributed by atoms with E-state index in [-0.39, 0.29) is 19.1 Å². The third-order valence-electron chi connectivity index (χ3n) is 5.70. The molecule has 1 N–H and O–H groups in total. The fourth-order valence-corrected chi connectivity index (χ4v) is 4.13. The monoisotopic (exact) mass is 444 g/mol. The van der Waals surface area contributed by atoms with Crippen molar-refractivity contribution in [2.24, 2.45) is 0 Å². The summed E-state index contributed by atoms with van der Waals surface area (Å²) in [6, 6.07) is 10.1. The molecule has 3 heterocycles. The van der Waals surface area contributed by atoms with Crippen LogP contribution in [0.15, 0.2) is 47.2 Å². The van der Waals surface area contributed by atoms with Crippen LogP contribution in [-0.2, 0) is 30.7 Å². The summed E-state index contributed by atoms with van der Waals surface area (Å²) in [6.45, 7) is 2.24. The number of amides is 1. The molecule has 1 aliphatic carbocycles. The number of nitrogens with zero attached hydrogens (tertiary/aromatic N) is 5. The van der Waals surface area contributed by atoms with Gasteiger partial charge >= 0.3 is 0 Å². The quantitative estimate of drug-likeness (QED) is 0.486. The Morgan fingerprint density at radius 1 is 1.21 bits per heavy atom. The highest BCUT2D eigenvalue weighted by Crippen LogP contribution is 2.31. The Labute approximate surface area is 190 Å². The molecule has 0 saturated carbocycles. The molecular formula is C24H24N6O3. The molecule has 0 spiro atoms. The molecule has 3 aromatic heterocycles. The number of hydrogen-bond donors (Lipinski definition) is 1. The minimum Gasteiger partial charge on any atom is -0.378 e. The molecule has 9 heteroatoms. The van der Waals surface area contributed by atoms with Crippen molar-refractivity contribution in [1.82, 2.24) is 30.2 Å². The lowest BCUT2D eigenvalue weighted by Crippen LogP contribution is -2.24. The van der Waals surface area contributed by atoms with Crippen molar-refractivity contribution in [3.63, 3.8) is 0 Å². The first-order chi connectivity index (χ1) is 16.1. The molecule has 0 aliphatic heterocycles. The Bertz CT molecular complexity index is 1310. The van der Waals surface area contributed by atoms with Gasteiger partial charge in [-0.2, -0.15) is 9.78 Å². The molecule has 1 aromatic carbocycles. The number of ether oxygens (including phenoxy) is 1. The van der Waals surface area contributed by atoms with Crippen LogP contribution in [0.3, 0.4) is 0 Å². The van der Waals surface area contributed by atoms with E-state index in [1.165, 1.54) is 11.8 Å². The average molecular weight is 444 g/mol. The zero-order chi connectivity index (χ0) is 22.8. The zero-order valence-electron chi connectivity index (χ0n) is 18.5. The first kappa shape index (κ1) is 21.0. The molecule has 4 aromatic rings. The van der Waals surface area contributed by atoms with Gasteiger partial charge < -0.3 is 14.6 Å². The van der Waals surface area contributed by atoms with Gasteiger partial charge in [-0.3, -0.25) is 4.79 Å². The van der Waals surface area contributed by atoms with E-state index in [1.807, 2.05) is 19.2 Å².